The van der Waals surface area contributed by atoms with Crippen LogP contribution < -0.4 is 5.32 Å². The molecule has 1 aromatic heterocycles. The second-order valence-corrected chi connectivity index (χ2v) is 4.62. The summed E-state index contributed by atoms with van der Waals surface area (Å²) in [6.45, 7) is 3.10. The van der Waals surface area contributed by atoms with Crippen LogP contribution in [0.25, 0.3) is 0 Å². The SMILES string of the molecule is CCCNC(Cc1ccc(F)cc1)c1cccnc1. The van der Waals surface area contributed by atoms with Gasteiger partial charge in [0.05, 0.1) is 0 Å². The minimum atomic E-state index is -0.191. The van der Waals surface area contributed by atoms with Gasteiger partial charge in [0, 0.05) is 18.4 Å². The number of nitrogens with one attached hydrogen (secondary N) is 1. The van der Waals surface area contributed by atoms with Gasteiger partial charge < -0.3 is 5.32 Å². The fourth-order valence-corrected chi connectivity index (χ4v) is 2.06. The van der Waals surface area contributed by atoms with Gasteiger partial charge in [-0.2, -0.15) is 0 Å². The van der Waals surface area contributed by atoms with Crippen LogP contribution in [0.15, 0.2) is 48.8 Å². The average molecular weight is 258 g/mol. The molecule has 0 saturated heterocycles. The summed E-state index contributed by atoms with van der Waals surface area (Å²) < 4.78 is 12.9. The lowest BCUT2D eigenvalue weighted by Crippen LogP contribution is -2.24. The van der Waals surface area contributed by atoms with Crippen LogP contribution in [0.5, 0.6) is 0 Å². The maximum absolute atomic E-state index is 12.9. The number of pyridine rings is 1. The molecule has 19 heavy (non-hydrogen) atoms. The van der Waals surface area contributed by atoms with Crippen LogP contribution >= 0.6 is 0 Å². The summed E-state index contributed by atoms with van der Waals surface area (Å²) in [7, 11) is 0. The van der Waals surface area contributed by atoms with E-state index in [4.69, 9.17) is 0 Å². The molecule has 1 unspecified atom stereocenters. The van der Waals surface area contributed by atoms with Crippen molar-refractivity contribution in [3.8, 4) is 0 Å². The lowest BCUT2D eigenvalue weighted by molar-refractivity contribution is 0.527. The number of benzene rings is 1. The van der Waals surface area contributed by atoms with Crippen LogP contribution in [-0.4, -0.2) is 11.5 Å². The third-order valence-electron chi connectivity index (χ3n) is 3.08. The molecule has 2 nitrogen and oxygen atoms in total. The molecule has 0 aliphatic carbocycles. The predicted octanol–water partition coefficient (Wildman–Crippen LogP) is 3.50. The Morgan fingerprint density at radius 1 is 1.21 bits per heavy atom. The van der Waals surface area contributed by atoms with E-state index < -0.39 is 0 Å². The number of hydrogen-bond acceptors (Lipinski definition) is 2. The van der Waals surface area contributed by atoms with Gasteiger partial charge in [0.2, 0.25) is 0 Å². The van der Waals surface area contributed by atoms with Gasteiger partial charge in [-0.25, -0.2) is 4.39 Å². The monoisotopic (exact) mass is 258 g/mol. The van der Waals surface area contributed by atoms with Crippen molar-refractivity contribution < 1.29 is 4.39 Å². The molecule has 0 aliphatic rings. The van der Waals surface area contributed by atoms with E-state index >= 15 is 0 Å². The summed E-state index contributed by atoms with van der Waals surface area (Å²) in [5, 5.41) is 3.52. The number of hydrogen-bond donors (Lipinski definition) is 1. The van der Waals surface area contributed by atoms with Crippen LogP contribution in [0.2, 0.25) is 0 Å². The molecule has 0 amide bonds. The van der Waals surface area contributed by atoms with E-state index in [1.807, 2.05) is 24.4 Å². The highest BCUT2D eigenvalue weighted by atomic mass is 19.1. The van der Waals surface area contributed by atoms with Crippen molar-refractivity contribution in [2.45, 2.75) is 25.8 Å². The van der Waals surface area contributed by atoms with Crippen LogP contribution in [0.3, 0.4) is 0 Å². The molecular weight excluding hydrogens is 239 g/mol. The van der Waals surface area contributed by atoms with Crippen LogP contribution in [0, 0.1) is 5.82 Å². The molecule has 3 heteroatoms. The molecule has 0 saturated carbocycles. The third-order valence-corrected chi connectivity index (χ3v) is 3.08. The molecule has 0 aliphatic heterocycles. The summed E-state index contributed by atoms with van der Waals surface area (Å²) in [6, 6.07) is 10.9. The Hall–Kier alpha value is -1.74. The Kier molecular flexibility index (Phi) is 5.04. The smallest absolute Gasteiger partial charge is 0.123 e. The van der Waals surface area contributed by atoms with E-state index in [-0.39, 0.29) is 11.9 Å². The van der Waals surface area contributed by atoms with Gasteiger partial charge in [-0.1, -0.05) is 25.1 Å². The molecule has 1 atom stereocenters. The normalized spacial score (nSPS) is 12.3. The quantitative estimate of drug-likeness (QED) is 0.857. The fraction of sp³-hybridized carbons (Fsp3) is 0.312. The molecule has 1 aromatic carbocycles. The third kappa shape index (κ3) is 4.14. The van der Waals surface area contributed by atoms with E-state index in [1.165, 1.54) is 17.7 Å². The van der Waals surface area contributed by atoms with Crippen LogP contribution in [0.1, 0.15) is 30.5 Å². The van der Waals surface area contributed by atoms with Gasteiger partial charge in [-0.15, -0.1) is 0 Å². The molecule has 0 radical (unpaired) electrons. The Morgan fingerprint density at radius 2 is 2.00 bits per heavy atom. The molecule has 2 aromatic rings. The molecular formula is C16H19FN2. The van der Waals surface area contributed by atoms with Gasteiger partial charge in [0.25, 0.3) is 0 Å². The van der Waals surface area contributed by atoms with E-state index in [2.05, 4.69) is 23.3 Å². The zero-order valence-corrected chi connectivity index (χ0v) is 11.1. The summed E-state index contributed by atoms with van der Waals surface area (Å²) in [4.78, 5) is 4.17. The lowest BCUT2D eigenvalue weighted by Gasteiger charge is -2.18. The van der Waals surface area contributed by atoms with Crippen molar-refractivity contribution in [2.75, 3.05) is 6.54 Å². The van der Waals surface area contributed by atoms with Crippen molar-refractivity contribution in [1.29, 1.82) is 0 Å². The Bertz CT molecular complexity index is 482. The zero-order valence-electron chi connectivity index (χ0n) is 11.1. The first kappa shape index (κ1) is 13.7. The first-order chi connectivity index (χ1) is 9.29. The Labute approximate surface area is 113 Å². The topological polar surface area (TPSA) is 24.9 Å². The first-order valence-corrected chi connectivity index (χ1v) is 6.67. The van der Waals surface area contributed by atoms with E-state index in [9.17, 15) is 4.39 Å². The standard InChI is InChI=1S/C16H19FN2/c1-2-9-19-16(14-4-3-10-18-12-14)11-13-5-7-15(17)8-6-13/h3-8,10,12,16,19H,2,9,11H2,1H3. The molecule has 1 heterocycles. The number of nitrogens with zero attached hydrogens (tertiary/aromatic N) is 1. The van der Waals surface area contributed by atoms with Crippen molar-refractivity contribution in [3.63, 3.8) is 0 Å². The van der Waals surface area contributed by atoms with Gasteiger partial charge in [0.1, 0.15) is 5.82 Å². The minimum Gasteiger partial charge on any atom is -0.310 e. The van der Waals surface area contributed by atoms with Gasteiger partial charge >= 0.3 is 0 Å². The molecule has 0 bridgehead atoms. The molecule has 100 valence electrons. The molecule has 0 spiro atoms. The second kappa shape index (κ2) is 7.00. The number of halogens is 1. The molecule has 2 rings (SSSR count). The van der Waals surface area contributed by atoms with Crippen molar-refractivity contribution >= 4 is 0 Å². The molecule has 0 fully saturated rings. The lowest BCUT2D eigenvalue weighted by atomic mass is 10.00. The number of aromatic nitrogens is 1. The fourth-order valence-electron chi connectivity index (χ4n) is 2.06. The first-order valence-electron chi connectivity index (χ1n) is 6.67. The number of rotatable bonds is 6. The van der Waals surface area contributed by atoms with Crippen LogP contribution in [0.4, 0.5) is 4.39 Å². The summed E-state index contributed by atoms with van der Waals surface area (Å²) in [5.41, 5.74) is 2.29. The van der Waals surface area contributed by atoms with Gasteiger partial charge in [-0.05, 0) is 48.7 Å². The highest BCUT2D eigenvalue weighted by Gasteiger charge is 2.11. The van der Waals surface area contributed by atoms with Gasteiger partial charge in [0.15, 0.2) is 0 Å². The molecule has 1 N–H and O–H groups in total. The van der Waals surface area contributed by atoms with E-state index in [0.717, 1.165) is 24.9 Å². The Morgan fingerprint density at radius 3 is 2.63 bits per heavy atom. The highest BCUT2D eigenvalue weighted by molar-refractivity contribution is 5.22. The van der Waals surface area contributed by atoms with E-state index in [0.29, 0.717) is 0 Å². The highest BCUT2D eigenvalue weighted by Crippen LogP contribution is 2.18. The van der Waals surface area contributed by atoms with Crippen molar-refractivity contribution in [2.24, 2.45) is 0 Å². The van der Waals surface area contributed by atoms with Crippen molar-refractivity contribution in [3.05, 3.63) is 65.7 Å². The zero-order chi connectivity index (χ0) is 13.5. The maximum atomic E-state index is 12.9. The summed E-state index contributed by atoms with van der Waals surface area (Å²) >= 11 is 0. The summed E-state index contributed by atoms with van der Waals surface area (Å²) in [6.07, 6.45) is 5.58. The minimum absolute atomic E-state index is 0.191. The second-order valence-electron chi connectivity index (χ2n) is 4.62. The summed E-state index contributed by atoms with van der Waals surface area (Å²) in [5.74, 6) is -0.191. The predicted molar refractivity (Wildman–Crippen MR) is 75.4 cm³/mol. The van der Waals surface area contributed by atoms with E-state index in [1.54, 1.807) is 6.20 Å². The maximum Gasteiger partial charge on any atom is 0.123 e. The largest absolute Gasteiger partial charge is 0.310 e. The average Bonchev–Trinajstić information content (AvgIpc) is 2.46. The van der Waals surface area contributed by atoms with Crippen LogP contribution in [-0.2, 0) is 6.42 Å². The van der Waals surface area contributed by atoms with Gasteiger partial charge in [-0.3, -0.25) is 4.98 Å². The van der Waals surface area contributed by atoms with Crippen molar-refractivity contribution in [1.82, 2.24) is 10.3 Å². The Balaban J connectivity index is 2.11.